The molecule has 5 rings (SSSR count). The topological polar surface area (TPSA) is 34.0 Å². The molecule has 0 radical (unpaired) electrons. The zero-order valence-electron chi connectivity index (χ0n) is 13.3. The summed E-state index contributed by atoms with van der Waals surface area (Å²) in [7, 11) is 2.07. The average molecular weight is 312 g/mol. The number of carbonyl (C=O) groups is 1. The van der Waals surface area contributed by atoms with Gasteiger partial charge < -0.3 is 9.88 Å². The lowest BCUT2D eigenvalue weighted by Gasteiger charge is -2.10. The first kappa shape index (κ1) is 13.4. The van der Waals surface area contributed by atoms with E-state index in [9.17, 15) is 4.79 Å². The molecule has 1 aliphatic rings. The van der Waals surface area contributed by atoms with Gasteiger partial charge in [-0.3, -0.25) is 4.79 Å². The van der Waals surface area contributed by atoms with Gasteiger partial charge in [-0.25, -0.2) is 0 Å². The van der Waals surface area contributed by atoms with Crippen molar-refractivity contribution in [3.8, 4) is 11.1 Å². The molecule has 116 valence electrons. The van der Waals surface area contributed by atoms with Crippen LogP contribution in [0, 0.1) is 0 Å². The Labute approximate surface area is 139 Å². The second-order valence-electron chi connectivity index (χ2n) is 6.30. The van der Waals surface area contributed by atoms with Gasteiger partial charge >= 0.3 is 0 Å². The summed E-state index contributed by atoms with van der Waals surface area (Å²) >= 11 is 0. The van der Waals surface area contributed by atoms with Crippen LogP contribution in [0.1, 0.15) is 15.9 Å². The number of amides is 1. The Morgan fingerprint density at radius 2 is 1.71 bits per heavy atom. The van der Waals surface area contributed by atoms with E-state index in [1.54, 1.807) is 0 Å². The molecule has 24 heavy (non-hydrogen) atoms. The molecule has 0 saturated heterocycles. The highest BCUT2D eigenvalue weighted by atomic mass is 16.1. The molecule has 3 nitrogen and oxygen atoms in total. The number of aryl methyl sites for hydroxylation is 1. The van der Waals surface area contributed by atoms with Crippen LogP contribution in [-0.4, -0.2) is 10.5 Å². The maximum atomic E-state index is 12.6. The molecule has 0 unspecified atom stereocenters. The molecule has 0 fully saturated rings. The third kappa shape index (κ3) is 1.64. The highest BCUT2D eigenvalue weighted by molar-refractivity contribution is 6.21. The van der Waals surface area contributed by atoms with Gasteiger partial charge in [0.25, 0.3) is 5.91 Å². The lowest BCUT2D eigenvalue weighted by molar-refractivity contribution is 0.0967. The van der Waals surface area contributed by atoms with Gasteiger partial charge in [0.15, 0.2) is 0 Å². The summed E-state index contributed by atoms with van der Waals surface area (Å²) in [5, 5.41) is 5.22. The van der Waals surface area contributed by atoms with Gasteiger partial charge in [-0.15, -0.1) is 0 Å². The molecule has 1 amide bonds. The van der Waals surface area contributed by atoms with Crippen molar-refractivity contribution in [2.24, 2.45) is 7.05 Å². The summed E-state index contributed by atoms with van der Waals surface area (Å²) in [6.07, 6.45) is 0. The lowest BCUT2D eigenvalue weighted by Crippen LogP contribution is -2.12. The fourth-order valence-electron chi connectivity index (χ4n) is 3.92. The van der Waals surface area contributed by atoms with Crippen LogP contribution in [0.3, 0.4) is 0 Å². The van der Waals surface area contributed by atoms with E-state index >= 15 is 0 Å². The fraction of sp³-hybridized carbons (Fsp3) is 0.0952. The molecular formula is C21H16N2O. The van der Waals surface area contributed by atoms with E-state index in [1.807, 2.05) is 30.3 Å². The number of benzene rings is 3. The molecule has 0 saturated carbocycles. The van der Waals surface area contributed by atoms with Gasteiger partial charge in [-0.1, -0.05) is 48.5 Å². The van der Waals surface area contributed by atoms with Crippen molar-refractivity contribution in [3.63, 3.8) is 0 Å². The molecular weight excluding hydrogens is 296 g/mol. The maximum Gasteiger partial charge on any atom is 0.252 e. The van der Waals surface area contributed by atoms with Gasteiger partial charge in [0.1, 0.15) is 0 Å². The summed E-state index contributed by atoms with van der Waals surface area (Å²) in [6, 6.07) is 20.8. The average Bonchev–Trinajstić information content (AvgIpc) is 3.14. The largest absolute Gasteiger partial charge is 0.348 e. The smallest absolute Gasteiger partial charge is 0.252 e. The Morgan fingerprint density at radius 3 is 2.54 bits per heavy atom. The second kappa shape index (κ2) is 4.71. The Kier molecular flexibility index (Phi) is 2.63. The number of fused-ring (bicyclic) bond motifs is 5. The van der Waals surface area contributed by atoms with Crippen molar-refractivity contribution in [2.45, 2.75) is 6.54 Å². The third-order valence-electron chi connectivity index (χ3n) is 5.05. The van der Waals surface area contributed by atoms with E-state index in [0.29, 0.717) is 6.54 Å². The predicted octanol–water partition coefficient (Wildman–Crippen LogP) is 4.24. The van der Waals surface area contributed by atoms with Gasteiger partial charge in [0.2, 0.25) is 0 Å². The molecule has 3 aromatic carbocycles. The van der Waals surface area contributed by atoms with Crippen LogP contribution in [0.25, 0.3) is 32.9 Å². The number of carbonyl (C=O) groups excluding carboxylic acids is 1. The molecule has 1 aliphatic heterocycles. The normalized spacial score (nSPS) is 13.5. The van der Waals surface area contributed by atoms with Crippen LogP contribution in [0.2, 0.25) is 0 Å². The number of aromatic nitrogens is 1. The zero-order valence-corrected chi connectivity index (χ0v) is 13.3. The van der Waals surface area contributed by atoms with Crippen molar-refractivity contribution >= 4 is 27.7 Å². The molecule has 1 N–H and O–H groups in total. The number of hydrogen-bond acceptors (Lipinski definition) is 1. The van der Waals surface area contributed by atoms with Crippen LogP contribution in [-0.2, 0) is 13.6 Å². The zero-order chi connectivity index (χ0) is 16.3. The van der Waals surface area contributed by atoms with Gasteiger partial charge in [-0.05, 0) is 28.8 Å². The highest BCUT2D eigenvalue weighted by Gasteiger charge is 2.28. The molecule has 1 aromatic heterocycles. The van der Waals surface area contributed by atoms with Gasteiger partial charge in [-0.2, -0.15) is 0 Å². The summed E-state index contributed by atoms with van der Waals surface area (Å²) < 4.78 is 2.18. The number of para-hydroxylation sites is 1. The van der Waals surface area contributed by atoms with Crippen LogP contribution in [0.15, 0.2) is 60.7 Å². The van der Waals surface area contributed by atoms with Crippen molar-refractivity contribution in [3.05, 3.63) is 71.8 Å². The Balaban J connectivity index is 2.00. The molecule has 0 atom stereocenters. The summed E-state index contributed by atoms with van der Waals surface area (Å²) in [5.41, 5.74) is 6.49. The van der Waals surface area contributed by atoms with Crippen LogP contribution in [0.5, 0.6) is 0 Å². The number of nitrogens with one attached hydrogen (secondary N) is 1. The molecule has 0 spiro atoms. The third-order valence-corrected chi connectivity index (χ3v) is 5.05. The molecule has 4 aromatic rings. The van der Waals surface area contributed by atoms with E-state index in [2.05, 4.69) is 47.3 Å². The quantitative estimate of drug-likeness (QED) is 0.560. The van der Waals surface area contributed by atoms with E-state index in [4.69, 9.17) is 0 Å². The monoisotopic (exact) mass is 312 g/mol. The molecule has 0 aliphatic carbocycles. The maximum absolute atomic E-state index is 12.6. The van der Waals surface area contributed by atoms with Crippen molar-refractivity contribution < 1.29 is 4.79 Å². The molecule has 3 heteroatoms. The van der Waals surface area contributed by atoms with E-state index in [-0.39, 0.29) is 5.91 Å². The number of nitrogens with zero attached hydrogens (tertiary/aromatic N) is 1. The van der Waals surface area contributed by atoms with E-state index in [0.717, 1.165) is 44.1 Å². The second-order valence-corrected chi connectivity index (χ2v) is 6.30. The SMILES string of the molecule is Cn1c2ccccc2c2c3c(c(-c4ccccc4)cc21)CNC3=O. The van der Waals surface area contributed by atoms with Gasteiger partial charge in [0, 0.05) is 29.9 Å². The summed E-state index contributed by atoms with van der Waals surface area (Å²) in [5.74, 6) is 0.0316. The minimum atomic E-state index is 0.0316. The van der Waals surface area contributed by atoms with Crippen LogP contribution in [0.4, 0.5) is 0 Å². The van der Waals surface area contributed by atoms with Crippen molar-refractivity contribution in [1.29, 1.82) is 0 Å². The first-order valence-corrected chi connectivity index (χ1v) is 8.12. The highest BCUT2D eigenvalue weighted by Crippen LogP contribution is 2.39. The number of hydrogen-bond donors (Lipinski definition) is 1. The van der Waals surface area contributed by atoms with E-state index in [1.165, 1.54) is 0 Å². The van der Waals surface area contributed by atoms with Crippen molar-refractivity contribution in [1.82, 2.24) is 9.88 Å². The Morgan fingerprint density at radius 1 is 0.958 bits per heavy atom. The minimum Gasteiger partial charge on any atom is -0.348 e. The van der Waals surface area contributed by atoms with Gasteiger partial charge in [0.05, 0.1) is 11.1 Å². The van der Waals surface area contributed by atoms with E-state index < -0.39 is 0 Å². The van der Waals surface area contributed by atoms with Crippen LogP contribution < -0.4 is 5.32 Å². The fourth-order valence-corrected chi connectivity index (χ4v) is 3.92. The first-order valence-electron chi connectivity index (χ1n) is 8.12. The lowest BCUT2D eigenvalue weighted by atomic mass is 9.93. The summed E-state index contributed by atoms with van der Waals surface area (Å²) in [6.45, 7) is 0.595. The minimum absolute atomic E-state index is 0.0316. The molecule has 2 heterocycles. The standard InChI is InChI=1S/C21H16N2O/c1-23-17-10-6-5-9-14(17)19-18(23)11-15(13-7-3-2-4-8-13)16-12-22-21(24)20(16)19/h2-11H,12H2,1H3,(H,22,24). The predicted molar refractivity (Wildman–Crippen MR) is 97.0 cm³/mol. The summed E-state index contributed by atoms with van der Waals surface area (Å²) in [4.78, 5) is 12.6. The van der Waals surface area contributed by atoms with Crippen LogP contribution >= 0.6 is 0 Å². The number of rotatable bonds is 1. The molecule has 0 bridgehead atoms. The van der Waals surface area contributed by atoms with Crippen molar-refractivity contribution in [2.75, 3.05) is 0 Å². The first-order chi connectivity index (χ1) is 11.8. The Hall–Kier alpha value is -3.07. The Bertz CT molecular complexity index is 1120.